The van der Waals surface area contributed by atoms with E-state index in [1.165, 1.54) is 27.8 Å². The molecular weight excluding hydrogens is 232 g/mol. The molecule has 1 N–H and O–H groups in total. The molecule has 1 heteroatoms. The third-order valence-corrected chi connectivity index (χ3v) is 3.73. The molecular formula is C18H22O. The van der Waals surface area contributed by atoms with E-state index in [-0.39, 0.29) is 0 Å². The van der Waals surface area contributed by atoms with Crippen LogP contribution in [0.2, 0.25) is 0 Å². The Kier molecular flexibility index (Phi) is 4.26. The van der Waals surface area contributed by atoms with Crippen LogP contribution in [0.1, 0.15) is 37.5 Å². The third-order valence-electron chi connectivity index (χ3n) is 3.73. The number of hydrogen-bond donors (Lipinski definition) is 1. The van der Waals surface area contributed by atoms with Crippen LogP contribution in [-0.4, -0.2) is 5.11 Å². The number of phenols is 1. The normalized spacial score (nSPS) is 10.7. The molecule has 0 amide bonds. The lowest BCUT2D eigenvalue weighted by molar-refractivity contribution is 0.475. The smallest absolute Gasteiger partial charge is 0.116 e. The van der Waals surface area contributed by atoms with E-state index in [9.17, 15) is 5.11 Å². The zero-order valence-corrected chi connectivity index (χ0v) is 12.0. The Morgan fingerprint density at radius 2 is 1.32 bits per heavy atom. The first-order valence-electron chi connectivity index (χ1n) is 7.13. The molecule has 0 saturated heterocycles. The van der Waals surface area contributed by atoms with Gasteiger partial charge >= 0.3 is 0 Å². The molecule has 2 rings (SSSR count). The van der Waals surface area contributed by atoms with E-state index in [0.717, 1.165) is 19.3 Å². The topological polar surface area (TPSA) is 20.2 Å². The van der Waals surface area contributed by atoms with E-state index in [2.05, 4.69) is 39.0 Å². The molecule has 0 saturated carbocycles. The SMILES string of the molecule is CCc1ccc(CC)c(-c2cc(O)ccc2CC)c1. The molecule has 0 spiro atoms. The van der Waals surface area contributed by atoms with Crippen molar-refractivity contribution in [2.24, 2.45) is 0 Å². The van der Waals surface area contributed by atoms with E-state index in [1.54, 1.807) is 6.07 Å². The summed E-state index contributed by atoms with van der Waals surface area (Å²) in [5.74, 6) is 0.344. The van der Waals surface area contributed by atoms with Crippen LogP contribution >= 0.6 is 0 Å². The van der Waals surface area contributed by atoms with Gasteiger partial charge in [0.25, 0.3) is 0 Å². The maximum atomic E-state index is 9.78. The molecule has 2 aromatic carbocycles. The van der Waals surface area contributed by atoms with Gasteiger partial charge in [0.2, 0.25) is 0 Å². The Morgan fingerprint density at radius 3 is 1.89 bits per heavy atom. The molecule has 0 bridgehead atoms. The summed E-state index contributed by atoms with van der Waals surface area (Å²) >= 11 is 0. The lowest BCUT2D eigenvalue weighted by Crippen LogP contribution is -1.94. The van der Waals surface area contributed by atoms with Crippen LogP contribution < -0.4 is 0 Å². The van der Waals surface area contributed by atoms with Crippen LogP contribution in [0.4, 0.5) is 0 Å². The number of phenolic OH excluding ortho intramolecular Hbond substituents is 1. The Hall–Kier alpha value is -1.76. The highest BCUT2D eigenvalue weighted by atomic mass is 16.3. The molecule has 0 heterocycles. The fourth-order valence-electron chi connectivity index (χ4n) is 2.53. The van der Waals surface area contributed by atoms with Crippen LogP contribution in [0, 0.1) is 0 Å². The summed E-state index contributed by atoms with van der Waals surface area (Å²) in [5.41, 5.74) is 6.43. The van der Waals surface area contributed by atoms with Crippen molar-refractivity contribution in [2.45, 2.75) is 40.0 Å². The van der Waals surface area contributed by atoms with Gasteiger partial charge in [-0.1, -0.05) is 45.0 Å². The minimum atomic E-state index is 0.344. The third kappa shape index (κ3) is 2.81. The van der Waals surface area contributed by atoms with Gasteiger partial charge in [0.15, 0.2) is 0 Å². The van der Waals surface area contributed by atoms with E-state index in [1.807, 2.05) is 12.1 Å². The van der Waals surface area contributed by atoms with Crippen molar-refractivity contribution in [3.8, 4) is 16.9 Å². The van der Waals surface area contributed by atoms with Gasteiger partial charge in [0.1, 0.15) is 5.75 Å². The molecule has 0 fully saturated rings. The minimum absolute atomic E-state index is 0.344. The Morgan fingerprint density at radius 1 is 0.737 bits per heavy atom. The second-order valence-corrected chi connectivity index (χ2v) is 4.89. The lowest BCUT2D eigenvalue weighted by atomic mass is 9.91. The second-order valence-electron chi connectivity index (χ2n) is 4.89. The van der Waals surface area contributed by atoms with Crippen molar-refractivity contribution in [2.75, 3.05) is 0 Å². The van der Waals surface area contributed by atoms with Crippen molar-refractivity contribution in [3.05, 3.63) is 53.1 Å². The molecule has 0 radical (unpaired) electrons. The quantitative estimate of drug-likeness (QED) is 0.835. The molecule has 0 unspecified atom stereocenters. The van der Waals surface area contributed by atoms with Crippen LogP contribution in [-0.2, 0) is 19.3 Å². The molecule has 0 aromatic heterocycles. The zero-order chi connectivity index (χ0) is 13.8. The van der Waals surface area contributed by atoms with Crippen molar-refractivity contribution in [1.82, 2.24) is 0 Å². The van der Waals surface area contributed by atoms with Crippen molar-refractivity contribution < 1.29 is 5.11 Å². The fourth-order valence-corrected chi connectivity index (χ4v) is 2.53. The van der Waals surface area contributed by atoms with Crippen LogP contribution in [0.3, 0.4) is 0 Å². The summed E-state index contributed by atoms with van der Waals surface area (Å²) in [6.45, 7) is 6.51. The molecule has 19 heavy (non-hydrogen) atoms. The first kappa shape index (κ1) is 13.7. The summed E-state index contributed by atoms with van der Waals surface area (Å²) in [5, 5.41) is 9.78. The number of aromatic hydroxyl groups is 1. The highest BCUT2D eigenvalue weighted by Gasteiger charge is 2.10. The van der Waals surface area contributed by atoms with Crippen molar-refractivity contribution in [3.63, 3.8) is 0 Å². The minimum Gasteiger partial charge on any atom is -0.508 e. The van der Waals surface area contributed by atoms with Gasteiger partial charge in [0, 0.05) is 0 Å². The highest BCUT2D eigenvalue weighted by Crippen LogP contribution is 2.32. The molecule has 0 atom stereocenters. The van der Waals surface area contributed by atoms with Crippen LogP contribution in [0.15, 0.2) is 36.4 Å². The number of hydrogen-bond acceptors (Lipinski definition) is 1. The summed E-state index contributed by atoms with van der Waals surface area (Å²) in [6, 6.07) is 12.4. The summed E-state index contributed by atoms with van der Waals surface area (Å²) < 4.78 is 0. The maximum Gasteiger partial charge on any atom is 0.116 e. The monoisotopic (exact) mass is 254 g/mol. The largest absolute Gasteiger partial charge is 0.508 e. The molecule has 0 aliphatic carbocycles. The van der Waals surface area contributed by atoms with E-state index in [0.29, 0.717) is 5.75 Å². The standard InChI is InChI=1S/C18H22O/c1-4-13-7-8-14(5-2)17(11-13)18-12-16(19)10-9-15(18)6-3/h7-12,19H,4-6H2,1-3H3. The van der Waals surface area contributed by atoms with E-state index >= 15 is 0 Å². The predicted octanol–water partition coefficient (Wildman–Crippen LogP) is 4.75. The highest BCUT2D eigenvalue weighted by molar-refractivity contribution is 5.73. The predicted molar refractivity (Wildman–Crippen MR) is 81.7 cm³/mol. The van der Waals surface area contributed by atoms with Crippen LogP contribution in [0.5, 0.6) is 5.75 Å². The van der Waals surface area contributed by atoms with Gasteiger partial charge in [-0.2, -0.15) is 0 Å². The average Bonchev–Trinajstić information content (AvgIpc) is 2.46. The molecule has 1 nitrogen and oxygen atoms in total. The molecule has 100 valence electrons. The van der Waals surface area contributed by atoms with Gasteiger partial charge in [0.05, 0.1) is 0 Å². The summed E-state index contributed by atoms with van der Waals surface area (Å²) in [6.07, 6.45) is 3.03. The second kappa shape index (κ2) is 5.92. The molecule has 0 aliphatic rings. The Bertz CT molecular complexity index is 570. The molecule has 2 aromatic rings. The van der Waals surface area contributed by atoms with Gasteiger partial charge in [-0.05, 0) is 59.2 Å². The average molecular weight is 254 g/mol. The number of benzene rings is 2. The van der Waals surface area contributed by atoms with Crippen molar-refractivity contribution >= 4 is 0 Å². The maximum absolute atomic E-state index is 9.78. The molecule has 0 aliphatic heterocycles. The first-order valence-corrected chi connectivity index (χ1v) is 7.13. The van der Waals surface area contributed by atoms with E-state index in [4.69, 9.17) is 0 Å². The van der Waals surface area contributed by atoms with Gasteiger partial charge < -0.3 is 5.11 Å². The zero-order valence-electron chi connectivity index (χ0n) is 12.0. The Labute approximate surface area is 115 Å². The van der Waals surface area contributed by atoms with Crippen molar-refractivity contribution in [1.29, 1.82) is 0 Å². The van der Waals surface area contributed by atoms with E-state index < -0.39 is 0 Å². The first-order chi connectivity index (χ1) is 9.19. The number of aryl methyl sites for hydroxylation is 3. The number of rotatable bonds is 4. The van der Waals surface area contributed by atoms with Gasteiger partial charge in [-0.3, -0.25) is 0 Å². The van der Waals surface area contributed by atoms with Gasteiger partial charge in [-0.15, -0.1) is 0 Å². The Balaban J connectivity index is 2.65. The van der Waals surface area contributed by atoms with Crippen LogP contribution in [0.25, 0.3) is 11.1 Å². The summed E-state index contributed by atoms with van der Waals surface area (Å²) in [7, 11) is 0. The van der Waals surface area contributed by atoms with Gasteiger partial charge in [-0.25, -0.2) is 0 Å². The lowest BCUT2D eigenvalue weighted by Gasteiger charge is -2.14. The fraction of sp³-hybridized carbons (Fsp3) is 0.333. The summed E-state index contributed by atoms with van der Waals surface area (Å²) in [4.78, 5) is 0.